The van der Waals surface area contributed by atoms with Crippen LogP contribution in [0.2, 0.25) is 0 Å². The van der Waals surface area contributed by atoms with Crippen molar-refractivity contribution in [1.29, 1.82) is 0 Å². The second-order valence-electron chi connectivity index (χ2n) is 7.74. The highest BCUT2D eigenvalue weighted by Gasteiger charge is 2.33. The van der Waals surface area contributed by atoms with Crippen molar-refractivity contribution in [2.75, 3.05) is 36.4 Å². The molecule has 2 heterocycles. The number of aromatic nitrogens is 2. The average Bonchev–Trinajstić information content (AvgIpc) is 2.80. The molecule has 0 radical (unpaired) electrons. The summed E-state index contributed by atoms with van der Waals surface area (Å²) in [4.78, 5) is 10.6. The lowest BCUT2D eigenvalue weighted by molar-refractivity contribution is -0.137. The van der Waals surface area contributed by atoms with Gasteiger partial charge in [-0.1, -0.05) is 0 Å². The second kappa shape index (κ2) is 9.18. The SMILES string of the molecule is Cc1cc(Nc2ccc(F)cc2)nc(N2CCN(S(=O)(=O)c3ccc(C(F)(F)F)cc3)CC2)n1. The summed E-state index contributed by atoms with van der Waals surface area (Å²) >= 11 is 0. The standard InChI is InChI=1S/C22H21F4N5O2S/c1-15-14-20(28-18-6-4-17(23)5-7-18)29-21(27-15)30-10-12-31(13-11-30)34(32,33)19-8-2-16(3-9-19)22(24,25)26/h2-9,14H,10-13H2,1H3,(H,27,28,29). The number of hydrogen-bond donors (Lipinski definition) is 1. The first-order valence-electron chi connectivity index (χ1n) is 10.3. The molecule has 2 aromatic carbocycles. The molecule has 1 aromatic heterocycles. The number of halogens is 4. The average molecular weight is 496 g/mol. The molecule has 1 fully saturated rings. The van der Waals surface area contributed by atoms with E-state index in [0.717, 1.165) is 24.3 Å². The molecule has 0 amide bonds. The topological polar surface area (TPSA) is 78.4 Å². The molecule has 180 valence electrons. The maximum absolute atomic E-state index is 13.1. The highest BCUT2D eigenvalue weighted by Crippen LogP contribution is 2.30. The van der Waals surface area contributed by atoms with E-state index in [1.807, 2.05) is 4.90 Å². The van der Waals surface area contributed by atoms with Crippen molar-refractivity contribution in [3.63, 3.8) is 0 Å². The monoisotopic (exact) mass is 495 g/mol. The zero-order valence-electron chi connectivity index (χ0n) is 18.1. The molecule has 0 bridgehead atoms. The summed E-state index contributed by atoms with van der Waals surface area (Å²) in [6.45, 7) is 2.66. The van der Waals surface area contributed by atoms with Crippen LogP contribution in [0.1, 0.15) is 11.3 Å². The number of rotatable bonds is 5. The first-order valence-corrected chi connectivity index (χ1v) is 11.8. The molecule has 0 spiro atoms. The van der Waals surface area contributed by atoms with E-state index in [1.54, 1.807) is 25.1 Å². The number of piperazine rings is 1. The van der Waals surface area contributed by atoms with Crippen LogP contribution in [-0.4, -0.2) is 48.9 Å². The minimum atomic E-state index is -4.54. The van der Waals surface area contributed by atoms with E-state index in [1.165, 1.54) is 16.4 Å². The molecular weight excluding hydrogens is 474 g/mol. The Hall–Kier alpha value is -3.25. The molecule has 4 rings (SSSR count). The van der Waals surface area contributed by atoms with Crippen LogP contribution in [0.5, 0.6) is 0 Å². The molecule has 0 saturated carbocycles. The summed E-state index contributed by atoms with van der Waals surface area (Å²) < 4.78 is 78.5. The van der Waals surface area contributed by atoms with Gasteiger partial charge in [0.25, 0.3) is 0 Å². The molecular formula is C22H21F4N5O2S. The lowest BCUT2D eigenvalue weighted by Crippen LogP contribution is -2.49. The minimum Gasteiger partial charge on any atom is -0.340 e. The van der Waals surface area contributed by atoms with E-state index in [9.17, 15) is 26.0 Å². The number of hydrogen-bond acceptors (Lipinski definition) is 6. The van der Waals surface area contributed by atoms with Gasteiger partial charge < -0.3 is 10.2 Å². The first-order chi connectivity index (χ1) is 16.0. The summed E-state index contributed by atoms with van der Waals surface area (Å²) in [5, 5.41) is 3.09. The van der Waals surface area contributed by atoms with Gasteiger partial charge in [-0.15, -0.1) is 0 Å². The molecule has 0 unspecified atom stereocenters. The predicted molar refractivity (Wildman–Crippen MR) is 119 cm³/mol. The lowest BCUT2D eigenvalue weighted by atomic mass is 10.2. The van der Waals surface area contributed by atoms with Crippen molar-refractivity contribution in [1.82, 2.24) is 14.3 Å². The van der Waals surface area contributed by atoms with Gasteiger partial charge in [0.15, 0.2) is 0 Å². The molecule has 1 aliphatic rings. The van der Waals surface area contributed by atoms with Crippen LogP contribution in [0.25, 0.3) is 0 Å². The number of aryl methyl sites for hydroxylation is 1. The predicted octanol–water partition coefficient (Wildman–Crippen LogP) is 4.20. The fraction of sp³-hybridized carbons (Fsp3) is 0.273. The van der Waals surface area contributed by atoms with E-state index in [4.69, 9.17) is 0 Å². The Balaban J connectivity index is 1.45. The molecule has 1 aliphatic heterocycles. The zero-order valence-corrected chi connectivity index (χ0v) is 18.9. The molecule has 34 heavy (non-hydrogen) atoms. The van der Waals surface area contributed by atoms with E-state index < -0.39 is 21.8 Å². The largest absolute Gasteiger partial charge is 0.416 e. The van der Waals surface area contributed by atoms with Crippen LogP contribution in [0.3, 0.4) is 0 Å². The van der Waals surface area contributed by atoms with Gasteiger partial charge in [0.1, 0.15) is 11.6 Å². The molecule has 12 heteroatoms. The summed E-state index contributed by atoms with van der Waals surface area (Å²) in [5.74, 6) is 0.569. The van der Waals surface area contributed by atoms with Gasteiger partial charge in [-0.3, -0.25) is 0 Å². The summed E-state index contributed by atoms with van der Waals surface area (Å²) in [7, 11) is -3.93. The molecule has 0 aliphatic carbocycles. The van der Waals surface area contributed by atoms with Gasteiger partial charge in [-0.05, 0) is 55.5 Å². The number of anilines is 3. The van der Waals surface area contributed by atoms with E-state index >= 15 is 0 Å². The number of sulfonamides is 1. The van der Waals surface area contributed by atoms with Crippen LogP contribution >= 0.6 is 0 Å². The van der Waals surface area contributed by atoms with Crippen LogP contribution in [0, 0.1) is 12.7 Å². The van der Waals surface area contributed by atoms with Gasteiger partial charge in [0, 0.05) is 43.6 Å². The third-order valence-electron chi connectivity index (χ3n) is 5.30. The quantitative estimate of drug-likeness (QED) is 0.535. The Morgan fingerprint density at radius 3 is 2.12 bits per heavy atom. The fourth-order valence-electron chi connectivity index (χ4n) is 3.53. The van der Waals surface area contributed by atoms with Gasteiger partial charge in [0.05, 0.1) is 10.5 Å². The lowest BCUT2D eigenvalue weighted by Gasteiger charge is -2.34. The Labute approximate surface area is 194 Å². The molecule has 1 saturated heterocycles. The molecule has 1 N–H and O–H groups in total. The smallest absolute Gasteiger partial charge is 0.340 e. The van der Waals surface area contributed by atoms with E-state index in [2.05, 4.69) is 15.3 Å². The first kappa shape index (κ1) is 23.9. The summed E-state index contributed by atoms with van der Waals surface area (Å²) in [6.07, 6.45) is -4.54. The van der Waals surface area contributed by atoms with E-state index in [-0.39, 0.29) is 23.8 Å². The molecule has 0 atom stereocenters. The van der Waals surface area contributed by atoms with Crippen LogP contribution < -0.4 is 10.2 Å². The summed E-state index contributed by atoms with van der Waals surface area (Å²) in [5.41, 5.74) is 0.435. The molecule has 7 nitrogen and oxygen atoms in total. The Morgan fingerprint density at radius 2 is 1.53 bits per heavy atom. The van der Waals surface area contributed by atoms with Gasteiger partial charge >= 0.3 is 6.18 Å². The number of alkyl halides is 3. The second-order valence-corrected chi connectivity index (χ2v) is 9.68. The fourth-order valence-corrected chi connectivity index (χ4v) is 4.96. The maximum Gasteiger partial charge on any atom is 0.416 e. The summed E-state index contributed by atoms with van der Waals surface area (Å²) in [6, 6.07) is 11.0. The highest BCUT2D eigenvalue weighted by atomic mass is 32.2. The van der Waals surface area contributed by atoms with Crippen molar-refractivity contribution < 1.29 is 26.0 Å². The minimum absolute atomic E-state index is 0.126. The zero-order chi connectivity index (χ0) is 24.5. The third kappa shape index (κ3) is 5.28. The van der Waals surface area contributed by atoms with E-state index in [0.29, 0.717) is 36.2 Å². The van der Waals surface area contributed by atoms with Crippen molar-refractivity contribution >= 4 is 27.5 Å². The van der Waals surface area contributed by atoms with Crippen molar-refractivity contribution in [3.8, 4) is 0 Å². The van der Waals surface area contributed by atoms with Crippen LogP contribution in [0.15, 0.2) is 59.5 Å². The maximum atomic E-state index is 13.1. The highest BCUT2D eigenvalue weighted by molar-refractivity contribution is 7.89. The normalized spacial score (nSPS) is 15.4. The Kier molecular flexibility index (Phi) is 6.45. The number of nitrogens with zero attached hydrogens (tertiary/aromatic N) is 4. The van der Waals surface area contributed by atoms with Crippen molar-refractivity contribution in [3.05, 3.63) is 71.7 Å². The van der Waals surface area contributed by atoms with Crippen LogP contribution in [0.4, 0.5) is 35.0 Å². The molecule has 3 aromatic rings. The van der Waals surface area contributed by atoms with Gasteiger partial charge in [-0.25, -0.2) is 17.8 Å². The van der Waals surface area contributed by atoms with Crippen molar-refractivity contribution in [2.24, 2.45) is 0 Å². The van der Waals surface area contributed by atoms with Gasteiger partial charge in [-0.2, -0.15) is 22.5 Å². The third-order valence-corrected chi connectivity index (χ3v) is 7.21. The Bertz CT molecular complexity index is 1260. The van der Waals surface area contributed by atoms with Crippen LogP contribution in [-0.2, 0) is 16.2 Å². The number of benzene rings is 2. The van der Waals surface area contributed by atoms with Gasteiger partial charge in [0.2, 0.25) is 16.0 Å². The number of nitrogens with one attached hydrogen (secondary N) is 1. The Morgan fingerprint density at radius 1 is 0.912 bits per heavy atom. The van der Waals surface area contributed by atoms with Crippen molar-refractivity contribution in [2.45, 2.75) is 18.0 Å².